The Labute approximate surface area is 200 Å². The predicted molar refractivity (Wildman–Crippen MR) is 130 cm³/mol. The number of aromatic amines is 1. The van der Waals surface area contributed by atoms with Gasteiger partial charge in [-0.1, -0.05) is 17.7 Å². The molecular formula is C25H19ClN4O4. The summed E-state index contributed by atoms with van der Waals surface area (Å²) in [7, 11) is 1.49. The Bertz CT molecular complexity index is 1450. The number of aryl methyl sites for hydroxylation is 1. The van der Waals surface area contributed by atoms with Crippen molar-refractivity contribution in [3.8, 4) is 17.6 Å². The average Bonchev–Trinajstić information content (AvgIpc) is 3.24. The smallest absolute Gasteiger partial charge is 0.269 e. The van der Waals surface area contributed by atoms with Crippen molar-refractivity contribution in [1.29, 1.82) is 5.26 Å². The number of nitrogens with zero attached hydrogens (tertiary/aromatic N) is 3. The highest BCUT2D eigenvalue weighted by molar-refractivity contribution is 6.32. The molecule has 1 N–H and O–H groups in total. The van der Waals surface area contributed by atoms with Crippen LogP contribution >= 0.6 is 11.6 Å². The van der Waals surface area contributed by atoms with Crippen LogP contribution in [0.1, 0.15) is 22.5 Å². The lowest BCUT2D eigenvalue weighted by atomic mass is 10.1. The number of methoxy groups -OCH3 is 1. The first kappa shape index (κ1) is 22.8. The molecule has 0 aliphatic rings. The van der Waals surface area contributed by atoms with Crippen LogP contribution in [0.5, 0.6) is 11.5 Å². The summed E-state index contributed by atoms with van der Waals surface area (Å²) in [5.74, 6) is 1.17. The van der Waals surface area contributed by atoms with Gasteiger partial charge in [0.25, 0.3) is 5.69 Å². The molecule has 0 spiro atoms. The van der Waals surface area contributed by atoms with Crippen LogP contribution in [-0.4, -0.2) is 22.0 Å². The van der Waals surface area contributed by atoms with Crippen molar-refractivity contribution in [2.24, 2.45) is 0 Å². The fourth-order valence-corrected chi connectivity index (χ4v) is 3.68. The maximum atomic E-state index is 10.8. The van der Waals surface area contributed by atoms with Crippen molar-refractivity contribution in [1.82, 2.24) is 9.97 Å². The van der Waals surface area contributed by atoms with E-state index in [2.05, 4.69) is 16.0 Å². The van der Waals surface area contributed by atoms with E-state index in [1.807, 2.05) is 25.1 Å². The normalized spacial score (nSPS) is 11.3. The predicted octanol–water partition coefficient (Wildman–Crippen LogP) is 6.08. The van der Waals surface area contributed by atoms with Crippen LogP contribution in [0.15, 0.2) is 54.6 Å². The third-order valence-corrected chi connectivity index (χ3v) is 5.39. The van der Waals surface area contributed by atoms with Gasteiger partial charge in [0.1, 0.15) is 18.5 Å². The SMILES string of the molecule is COc1cc(C=C(C#N)c2nc3ccc(C)cc3[nH]2)cc(Cl)c1OCc1ccc([N+](=O)[O-])cc1. The number of nitriles is 1. The molecule has 0 bridgehead atoms. The lowest BCUT2D eigenvalue weighted by Gasteiger charge is -2.13. The number of nitro groups is 1. The molecule has 8 nitrogen and oxygen atoms in total. The molecule has 1 aromatic heterocycles. The van der Waals surface area contributed by atoms with E-state index in [4.69, 9.17) is 21.1 Å². The van der Waals surface area contributed by atoms with E-state index in [9.17, 15) is 15.4 Å². The quantitative estimate of drug-likeness (QED) is 0.197. The molecule has 3 aromatic carbocycles. The summed E-state index contributed by atoms with van der Waals surface area (Å²) in [6.45, 7) is 2.13. The summed E-state index contributed by atoms with van der Waals surface area (Å²) in [5.41, 5.74) is 4.42. The molecule has 0 aliphatic heterocycles. The first-order chi connectivity index (χ1) is 16.4. The van der Waals surface area contributed by atoms with E-state index in [1.165, 1.54) is 19.2 Å². The van der Waals surface area contributed by atoms with Crippen LogP contribution in [0.3, 0.4) is 0 Å². The summed E-state index contributed by atoms with van der Waals surface area (Å²) in [6.07, 6.45) is 1.67. The average molecular weight is 475 g/mol. The second-order valence-corrected chi connectivity index (χ2v) is 7.93. The van der Waals surface area contributed by atoms with Gasteiger partial charge in [-0.05, 0) is 66.1 Å². The lowest BCUT2D eigenvalue weighted by molar-refractivity contribution is -0.384. The minimum Gasteiger partial charge on any atom is -0.493 e. The highest BCUT2D eigenvalue weighted by Crippen LogP contribution is 2.38. The molecule has 0 saturated carbocycles. The number of non-ortho nitro benzene ring substituents is 1. The van der Waals surface area contributed by atoms with Crippen molar-refractivity contribution >= 4 is 40.0 Å². The number of H-pyrrole nitrogens is 1. The zero-order chi connectivity index (χ0) is 24.2. The second kappa shape index (κ2) is 9.65. The van der Waals surface area contributed by atoms with Crippen molar-refractivity contribution < 1.29 is 14.4 Å². The molecule has 0 fully saturated rings. The van der Waals surface area contributed by atoms with Crippen LogP contribution < -0.4 is 9.47 Å². The molecule has 9 heteroatoms. The monoisotopic (exact) mass is 474 g/mol. The number of fused-ring (bicyclic) bond motifs is 1. The summed E-state index contributed by atoms with van der Waals surface area (Å²) in [5, 5.41) is 20.8. The number of hydrogen-bond donors (Lipinski definition) is 1. The first-order valence-corrected chi connectivity index (χ1v) is 10.6. The van der Waals surface area contributed by atoms with Gasteiger partial charge in [-0.3, -0.25) is 10.1 Å². The zero-order valence-corrected chi connectivity index (χ0v) is 19.1. The van der Waals surface area contributed by atoms with E-state index in [1.54, 1.807) is 30.3 Å². The lowest BCUT2D eigenvalue weighted by Crippen LogP contribution is -1.99. The Morgan fingerprint density at radius 1 is 1.24 bits per heavy atom. The number of benzene rings is 3. The molecule has 0 saturated heterocycles. The Hall–Kier alpha value is -4.35. The Morgan fingerprint density at radius 2 is 2.00 bits per heavy atom. The van der Waals surface area contributed by atoms with Gasteiger partial charge in [0.05, 0.1) is 33.7 Å². The fourth-order valence-electron chi connectivity index (χ4n) is 3.40. The number of ether oxygens (including phenoxy) is 2. The van der Waals surface area contributed by atoms with E-state index < -0.39 is 4.92 Å². The van der Waals surface area contributed by atoms with Crippen LogP contribution in [0.2, 0.25) is 5.02 Å². The van der Waals surface area contributed by atoms with Crippen molar-refractivity contribution in [3.63, 3.8) is 0 Å². The molecule has 4 rings (SSSR count). The minimum atomic E-state index is -0.460. The summed E-state index contributed by atoms with van der Waals surface area (Å²) >= 11 is 6.47. The minimum absolute atomic E-state index is 0.00314. The summed E-state index contributed by atoms with van der Waals surface area (Å²) in [4.78, 5) is 18.0. The number of halogens is 1. The molecule has 1 heterocycles. The summed E-state index contributed by atoms with van der Waals surface area (Å²) in [6, 6.07) is 17.4. The van der Waals surface area contributed by atoms with Crippen molar-refractivity contribution in [2.45, 2.75) is 13.5 Å². The standard InChI is InChI=1S/C25H19ClN4O4/c1-15-3-8-21-22(9-15)29-25(28-21)18(13-27)10-17-11-20(26)24(23(12-17)33-2)34-14-16-4-6-19(7-5-16)30(31)32/h3-12H,14H2,1-2H3,(H,28,29). The Morgan fingerprint density at radius 3 is 2.68 bits per heavy atom. The van der Waals surface area contributed by atoms with Crippen LogP contribution in [0.4, 0.5) is 5.69 Å². The van der Waals surface area contributed by atoms with Gasteiger partial charge >= 0.3 is 0 Å². The molecule has 0 atom stereocenters. The summed E-state index contributed by atoms with van der Waals surface area (Å²) < 4.78 is 11.3. The molecule has 0 radical (unpaired) electrons. The number of imidazole rings is 1. The van der Waals surface area contributed by atoms with Gasteiger partial charge in [0.15, 0.2) is 11.5 Å². The molecular weight excluding hydrogens is 456 g/mol. The zero-order valence-electron chi connectivity index (χ0n) is 18.3. The number of nitrogens with one attached hydrogen (secondary N) is 1. The molecule has 0 aliphatic carbocycles. The van der Waals surface area contributed by atoms with E-state index in [0.29, 0.717) is 33.5 Å². The third kappa shape index (κ3) is 4.85. The number of aromatic nitrogens is 2. The van der Waals surface area contributed by atoms with E-state index in [-0.39, 0.29) is 12.3 Å². The van der Waals surface area contributed by atoms with Gasteiger partial charge < -0.3 is 14.5 Å². The van der Waals surface area contributed by atoms with Crippen LogP contribution in [0, 0.1) is 28.4 Å². The first-order valence-electron chi connectivity index (χ1n) is 10.2. The number of hydrogen-bond acceptors (Lipinski definition) is 6. The topological polar surface area (TPSA) is 114 Å². The van der Waals surface area contributed by atoms with Gasteiger partial charge in [-0.15, -0.1) is 0 Å². The van der Waals surface area contributed by atoms with Crippen LogP contribution in [-0.2, 0) is 6.61 Å². The number of rotatable bonds is 7. The third-order valence-electron chi connectivity index (χ3n) is 5.11. The van der Waals surface area contributed by atoms with E-state index >= 15 is 0 Å². The van der Waals surface area contributed by atoms with E-state index in [0.717, 1.165) is 22.2 Å². The van der Waals surface area contributed by atoms with Gasteiger partial charge in [0.2, 0.25) is 0 Å². The van der Waals surface area contributed by atoms with Gasteiger partial charge in [0, 0.05) is 12.1 Å². The number of allylic oxidation sites excluding steroid dienone is 1. The highest BCUT2D eigenvalue weighted by atomic mass is 35.5. The second-order valence-electron chi connectivity index (χ2n) is 7.52. The highest BCUT2D eigenvalue weighted by Gasteiger charge is 2.14. The fraction of sp³-hybridized carbons (Fsp3) is 0.120. The van der Waals surface area contributed by atoms with Gasteiger partial charge in [-0.25, -0.2) is 4.98 Å². The van der Waals surface area contributed by atoms with Crippen LogP contribution in [0.25, 0.3) is 22.7 Å². The van der Waals surface area contributed by atoms with Gasteiger partial charge in [-0.2, -0.15) is 5.26 Å². The largest absolute Gasteiger partial charge is 0.493 e. The Balaban J connectivity index is 1.60. The molecule has 170 valence electrons. The Kier molecular flexibility index (Phi) is 6.48. The molecule has 0 unspecified atom stereocenters. The number of nitro benzene ring substituents is 1. The van der Waals surface area contributed by atoms with Crippen molar-refractivity contribution in [2.75, 3.05) is 7.11 Å². The molecule has 0 amide bonds. The molecule has 4 aromatic rings. The maximum Gasteiger partial charge on any atom is 0.269 e. The van der Waals surface area contributed by atoms with Crippen molar-refractivity contribution in [3.05, 3.63) is 92.2 Å². The molecule has 34 heavy (non-hydrogen) atoms. The maximum absolute atomic E-state index is 10.8.